The van der Waals surface area contributed by atoms with Crippen LogP contribution < -0.4 is 15.4 Å². The van der Waals surface area contributed by atoms with Crippen molar-refractivity contribution in [2.75, 3.05) is 38.4 Å². The lowest BCUT2D eigenvalue weighted by Crippen LogP contribution is -2.42. The highest BCUT2D eigenvalue weighted by atomic mass is 19.1. The number of hydrogen-bond acceptors (Lipinski definition) is 7. The second-order valence-corrected chi connectivity index (χ2v) is 6.14. The van der Waals surface area contributed by atoms with Gasteiger partial charge in [-0.1, -0.05) is 0 Å². The molecule has 0 amide bonds. The lowest BCUT2D eigenvalue weighted by molar-refractivity contribution is 0.0372. The van der Waals surface area contributed by atoms with Crippen LogP contribution in [0.5, 0.6) is 5.75 Å². The van der Waals surface area contributed by atoms with Gasteiger partial charge in [-0.2, -0.15) is 0 Å². The van der Waals surface area contributed by atoms with Gasteiger partial charge in [0.2, 0.25) is 6.86 Å². The number of halogens is 1. The summed E-state index contributed by atoms with van der Waals surface area (Å²) in [5.41, 5.74) is 3.09. The number of fused-ring (bicyclic) bond motifs is 1. The van der Waals surface area contributed by atoms with Crippen molar-refractivity contribution in [3.63, 3.8) is 0 Å². The number of anilines is 1. The Kier molecular flexibility index (Phi) is 5.36. The molecule has 2 aromatic heterocycles. The van der Waals surface area contributed by atoms with E-state index in [4.69, 9.17) is 14.5 Å². The maximum absolute atomic E-state index is 12.3. The molecule has 0 unspecified atom stereocenters. The fourth-order valence-corrected chi connectivity index (χ4v) is 2.99. The highest BCUT2D eigenvalue weighted by Crippen LogP contribution is 2.27. The first kappa shape index (κ1) is 17.6. The van der Waals surface area contributed by atoms with Gasteiger partial charge in [-0.25, -0.2) is 14.4 Å². The van der Waals surface area contributed by atoms with Crippen LogP contribution in [0.15, 0.2) is 42.7 Å². The van der Waals surface area contributed by atoms with Crippen molar-refractivity contribution < 1.29 is 13.9 Å². The average molecular weight is 369 g/mol. The van der Waals surface area contributed by atoms with E-state index in [0.29, 0.717) is 30.2 Å². The number of nitrogens with zero attached hydrogens (tertiary/aromatic N) is 3. The van der Waals surface area contributed by atoms with Crippen LogP contribution in [-0.4, -0.2) is 54.2 Å². The van der Waals surface area contributed by atoms with E-state index in [1.165, 1.54) is 0 Å². The number of pyridine rings is 1. The Bertz CT molecular complexity index is 900. The lowest BCUT2D eigenvalue weighted by atomic mass is 10.1. The molecule has 2 N–H and O–H groups in total. The summed E-state index contributed by atoms with van der Waals surface area (Å²) in [5.74, 6) is 1.14. The molecule has 8 heteroatoms. The predicted octanol–water partition coefficient (Wildman–Crippen LogP) is 2.40. The van der Waals surface area contributed by atoms with Crippen LogP contribution in [-0.2, 0) is 4.74 Å². The molecule has 1 saturated heterocycles. The number of hydrogen-bond donors (Lipinski definition) is 2. The van der Waals surface area contributed by atoms with Crippen LogP contribution in [0.25, 0.3) is 22.3 Å². The van der Waals surface area contributed by atoms with Gasteiger partial charge in [-0.05, 0) is 30.3 Å². The van der Waals surface area contributed by atoms with Crippen molar-refractivity contribution in [1.82, 2.24) is 20.3 Å². The molecule has 0 saturated carbocycles. The van der Waals surface area contributed by atoms with Gasteiger partial charge in [0.15, 0.2) is 5.82 Å². The number of rotatable bonds is 6. The van der Waals surface area contributed by atoms with Gasteiger partial charge in [0.25, 0.3) is 0 Å². The zero-order valence-electron chi connectivity index (χ0n) is 14.7. The minimum Gasteiger partial charge on any atom is -0.463 e. The molecule has 140 valence electrons. The minimum absolute atomic E-state index is 0.0769. The van der Waals surface area contributed by atoms with E-state index in [2.05, 4.69) is 20.6 Å². The number of alkyl halides is 1. The number of aromatic nitrogens is 3. The molecule has 1 atom stereocenters. The second-order valence-electron chi connectivity index (χ2n) is 6.14. The standard InChI is InChI=1S/C19H20FN5O2/c20-12-27-14-3-1-13(2-4-14)16-9-17-18(23-6-5-22-17)19(25-16)24-11-15-10-21-7-8-26-15/h1-6,9,15,21H,7-8,10-12H2,(H,24,25)/t15-/m0/s1. The quantitative estimate of drug-likeness (QED) is 0.690. The first-order chi connectivity index (χ1) is 13.3. The van der Waals surface area contributed by atoms with Gasteiger partial charge >= 0.3 is 0 Å². The predicted molar refractivity (Wildman–Crippen MR) is 100 cm³/mol. The monoisotopic (exact) mass is 369 g/mol. The van der Waals surface area contributed by atoms with Gasteiger partial charge in [0.05, 0.1) is 23.9 Å². The highest BCUT2D eigenvalue weighted by molar-refractivity contribution is 5.88. The number of ether oxygens (including phenoxy) is 2. The summed E-state index contributed by atoms with van der Waals surface area (Å²) in [5, 5.41) is 6.66. The van der Waals surface area contributed by atoms with Crippen LogP contribution in [0.1, 0.15) is 0 Å². The minimum atomic E-state index is -0.852. The van der Waals surface area contributed by atoms with Crippen LogP contribution in [0.2, 0.25) is 0 Å². The van der Waals surface area contributed by atoms with Crippen molar-refractivity contribution in [3.8, 4) is 17.0 Å². The third-order valence-corrected chi connectivity index (χ3v) is 4.33. The van der Waals surface area contributed by atoms with Crippen molar-refractivity contribution in [1.29, 1.82) is 0 Å². The lowest BCUT2D eigenvalue weighted by Gasteiger charge is -2.24. The van der Waals surface area contributed by atoms with E-state index in [0.717, 1.165) is 29.9 Å². The normalized spacial score (nSPS) is 17.0. The first-order valence-corrected chi connectivity index (χ1v) is 8.80. The van der Waals surface area contributed by atoms with Crippen LogP contribution in [0.4, 0.5) is 10.2 Å². The van der Waals surface area contributed by atoms with E-state index in [1.807, 2.05) is 18.2 Å². The SMILES string of the molecule is FCOc1ccc(-c2cc3nccnc3c(NC[C@@H]3CNCCO3)n2)cc1. The van der Waals surface area contributed by atoms with E-state index in [-0.39, 0.29) is 6.10 Å². The molecule has 1 aliphatic rings. The molecule has 0 aliphatic carbocycles. The summed E-state index contributed by atoms with van der Waals surface area (Å²) in [4.78, 5) is 13.5. The molecule has 3 heterocycles. The van der Waals surface area contributed by atoms with E-state index >= 15 is 0 Å². The summed E-state index contributed by atoms with van der Waals surface area (Å²) in [6, 6.07) is 9.00. The smallest absolute Gasteiger partial charge is 0.228 e. The van der Waals surface area contributed by atoms with Crippen molar-refractivity contribution in [2.45, 2.75) is 6.10 Å². The molecule has 0 spiro atoms. The topological polar surface area (TPSA) is 81.2 Å². The number of morpholine rings is 1. The molecular formula is C19H20FN5O2. The third-order valence-electron chi connectivity index (χ3n) is 4.33. The highest BCUT2D eigenvalue weighted by Gasteiger charge is 2.15. The summed E-state index contributed by atoms with van der Waals surface area (Å²) in [6.45, 7) is 2.15. The molecule has 1 fully saturated rings. The third kappa shape index (κ3) is 4.12. The average Bonchev–Trinajstić information content (AvgIpc) is 2.73. The molecule has 1 aliphatic heterocycles. The maximum atomic E-state index is 12.3. The fourth-order valence-electron chi connectivity index (χ4n) is 2.99. The fraction of sp³-hybridized carbons (Fsp3) is 0.316. The summed E-state index contributed by atoms with van der Waals surface area (Å²) in [6.07, 6.45) is 3.38. The first-order valence-electron chi connectivity index (χ1n) is 8.80. The molecule has 27 heavy (non-hydrogen) atoms. The molecule has 3 aromatic rings. The van der Waals surface area contributed by atoms with Crippen LogP contribution in [0, 0.1) is 0 Å². The Morgan fingerprint density at radius 3 is 2.85 bits per heavy atom. The van der Waals surface area contributed by atoms with Crippen molar-refractivity contribution in [2.24, 2.45) is 0 Å². The van der Waals surface area contributed by atoms with Gasteiger partial charge in [-0.3, -0.25) is 4.98 Å². The van der Waals surface area contributed by atoms with Crippen LogP contribution in [0.3, 0.4) is 0 Å². The number of nitrogens with one attached hydrogen (secondary N) is 2. The number of benzene rings is 1. The van der Waals surface area contributed by atoms with Gasteiger partial charge in [0, 0.05) is 37.6 Å². The van der Waals surface area contributed by atoms with Crippen molar-refractivity contribution >= 4 is 16.9 Å². The molecule has 4 rings (SSSR count). The van der Waals surface area contributed by atoms with E-state index in [9.17, 15) is 4.39 Å². The Morgan fingerprint density at radius 2 is 2.07 bits per heavy atom. The molecule has 1 aromatic carbocycles. The molecule has 0 radical (unpaired) electrons. The van der Waals surface area contributed by atoms with Crippen molar-refractivity contribution in [3.05, 3.63) is 42.7 Å². The van der Waals surface area contributed by atoms with Gasteiger partial charge in [-0.15, -0.1) is 0 Å². The Labute approximate surface area is 156 Å². The molecular weight excluding hydrogens is 349 g/mol. The van der Waals surface area contributed by atoms with Gasteiger partial charge in [0.1, 0.15) is 11.3 Å². The summed E-state index contributed by atoms with van der Waals surface area (Å²) >= 11 is 0. The summed E-state index contributed by atoms with van der Waals surface area (Å²) in [7, 11) is 0. The maximum Gasteiger partial charge on any atom is 0.228 e. The molecule has 0 bridgehead atoms. The zero-order valence-corrected chi connectivity index (χ0v) is 14.7. The Balaban J connectivity index is 1.63. The summed E-state index contributed by atoms with van der Waals surface area (Å²) < 4.78 is 22.9. The van der Waals surface area contributed by atoms with E-state index < -0.39 is 6.86 Å². The van der Waals surface area contributed by atoms with Crippen LogP contribution >= 0.6 is 0 Å². The van der Waals surface area contributed by atoms with Gasteiger partial charge < -0.3 is 20.1 Å². The Hall–Kier alpha value is -2.84. The Morgan fingerprint density at radius 1 is 1.22 bits per heavy atom. The molecule has 7 nitrogen and oxygen atoms in total. The zero-order chi connectivity index (χ0) is 18.5. The largest absolute Gasteiger partial charge is 0.463 e. The van der Waals surface area contributed by atoms with E-state index in [1.54, 1.807) is 24.5 Å². The second kappa shape index (κ2) is 8.24.